The summed E-state index contributed by atoms with van der Waals surface area (Å²) in [5.74, 6) is 1.39. The highest BCUT2D eigenvalue weighted by Crippen LogP contribution is 2.33. The lowest BCUT2D eigenvalue weighted by molar-refractivity contribution is -0.135. The van der Waals surface area contributed by atoms with Gasteiger partial charge in [-0.1, -0.05) is 0 Å². The van der Waals surface area contributed by atoms with Crippen LogP contribution in [0.4, 0.5) is 0 Å². The van der Waals surface area contributed by atoms with Gasteiger partial charge in [0.2, 0.25) is 0 Å². The van der Waals surface area contributed by atoms with Gasteiger partial charge in [-0.25, -0.2) is 5.01 Å². The van der Waals surface area contributed by atoms with E-state index in [0.717, 1.165) is 11.5 Å². The average molecular weight is 343 g/mol. The smallest absolute Gasteiger partial charge is 0.257 e. The highest BCUT2D eigenvalue weighted by Gasteiger charge is 2.36. The van der Waals surface area contributed by atoms with Crippen LogP contribution in [0.25, 0.3) is 0 Å². The Balaban J connectivity index is 1.85. The third-order valence-corrected chi connectivity index (χ3v) is 4.49. The van der Waals surface area contributed by atoms with Crippen LogP contribution in [0, 0.1) is 0 Å². The van der Waals surface area contributed by atoms with Gasteiger partial charge in [-0.3, -0.25) is 9.69 Å². The van der Waals surface area contributed by atoms with Gasteiger partial charge in [0.05, 0.1) is 19.1 Å². The number of amides is 1. The van der Waals surface area contributed by atoms with E-state index in [-0.39, 0.29) is 24.0 Å². The van der Waals surface area contributed by atoms with Gasteiger partial charge < -0.3 is 8.83 Å². The minimum absolute atomic E-state index is 0.0367. The first-order chi connectivity index (χ1) is 12.0. The lowest BCUT2D eigenvalue weighted by Gasteiger charge is -2.31. The molecule has 1 aliphatic rings. The quantitative estimate of drug-likeness (QED) is 0.803. The van der Waals surface area contributed by atoms with Gasteiger partial charge in [0.15, 0.2) is 0 Å². The van der Waals surface area contributed by atoms with Gasteiger partial charge in [0.25, 0.3) is 5.91 Å². The molecule has 25 heavy (non-hydrogen) atoms. The van der Waals surface area contributed by atoms with Crippen molar-refractivity contribution in [2.24, 2.45) is 5.10 Å². The maximum atomic E-state index is 13.0. The molecule has 0 bridgehead atoms. The topological polar surface area (TPSA) is 62.2 Å². The third kappa shape index (κ3) is 3.69. The third-order valence-electron chi connectivity index (χ3n) is 4.49. The Morgan fingerprint density at radius 3 is 2.44 bits per heavy atom. The van der Waals surface area contributed by atoms with Gasteiger partial charge in [-0.05, 0) is 52.0 Å². The molecule has 2 aromatic heterocycles. The summed E-state index contributed by atoms with van der Waals surface area (Å²) < 4.78 is 11.0. The van der Waals surface area contributed by atoms with E-state index >= 15 is 0 Å². The predicted molar refractivity (Wildman–Crippen MR) is 95.1 cm³/mol. The molecule has 0 unspecified atom stereocenters. The Bertz CT molecular complexity index is 709. The molecule has 3 heterocycles. The lowest BCUT2D eigenvalue weighted by atomic mass is 10.1. The summed E-state index contributed by atoms with van der Waals surface area (Å²) in [6.45, 7) is 8.71. The Hall–Kier alpha value is -2.34. The molecule has 1 aliphatic heterocycles. The summed E-state index contributed by atoms with van der Waals surface area (Å²) in [4.78, 5) is 15.1. The average Bonchev–Trinajstić information content (AvgIpc) is 3.31. The number of furan rings is 2. The molecular weight excluding hydrogens is 318 g/mol. The van der Waals surface area contributed by atoms with Crippen molar-refractivity contribution in [3.05, 3.63) is 48.3 Å². The van der Waals surface area contributed by atoms with E-state index in [4.69, 9.17) is 8.83 Å². The molecule has 6 nitrogen and oxygen atoms in total. The molecule has 2 aromatic rings. The molecule has 0 saturated carbocycles. The fraction of sp³-hybridized carbons (Fsp3) is 0.474. The molecule has 134 valence electrons. The van der Waals surface area contributed by atoms with Crippen molar-refractivity contribution in [1.29, 1.82) is 0 Å². The maximum Gasteiger partial charge on any atom is 0.257 e. The van der Waals surface area contributed by atoms with Crippen molar-refractivity contribution in [3.63, 3.8) is 0 Å². The van der Waals surface area contributed by atoms with E-state index in [1.165, 1.54) is 0 Å². The number of rotatable bonds is 6. The Morgan fingerprint density at radius 2 is 1.88 bits per heavy atom. The van der Waals surface area contributed by atoms with E-state index in [0.29, 0.717) is 18.7 Å². The number of hydrogen-bond acceptors (Lipinski definition) is 5. The van der Waals surface area contributed by atoms with Crippen molar-refractivity contribution in [1.82, 2.24) is 9.91 Å². The van der Waals surface area contributed by atoms with Crippen LogP contribution in [0.15, 0.2) is 50.7 Å². The molecule has 0 saturated heterocycles. The van der Waals surface area contributed by atoms with Crippen LogP contribution < -0.4 is 0 Å². The molecule has 0 spiro atoms. The SMILES string of the molecule is CC(C)N(CC(=O)N1N=C(c2ccco2)C[C@@H]1c1ccco1)C(C)C. The summed E-state index contributed by atoms with van der Waals surface area (Å²) in [7, 11) is 0. The molecule has 0 aromatic carbocycles. The molecule has 6 heteroatoms. The first-order valence-electron chi connectivity index (χ1n) is 8.70. The Labute approximate surface area is 148 Å². The van der Waals surface area contributed by atoms with E-state index in [9.17, 15) is 4.79 Å². The van der Waals surface area contributed by atoms with E-state index < -0.39 is 0 Å². The number of carbonyl (C=O) groups is 1. The Kier molecular flexibility index (Phi) is 5.08. The fourth-order valence-corrected chi connectivity index (χ4v) is 3.22. The van der Waals surface area contributed by atoms with Crippen LogP contribution in [0.5, 0.6) is 0 Å². The normalized spacial score (nSPS) is 17.8. The largest absolute Gasteiger partial charge is 0.467 e. The highest BCUT2D eigenvalue weighted by atomic mass is 16.3. The van der Waals surface area contributed by atoms with E-state index in [1.807, 2.05) is 24.3 Å². The summed E-state index contributed by atoms with van der Waals surface area (Å²) in [5, 5.41) is 6.11. The fourth-order valence-electron chi connectivity index (χ4n) is 3.22. The molecule has 0 N–H and O–H groups in total. The number of hydrazone groups is 1. The van der Waals surface area contributed by atoms with E-state index in [1.54, 1.807) is 17.5 Å². The van der Waals surface area contributed by atoms with Gasteiger partial charge >= 0.3 is 0 Å². The number of hydrogen-bond donors (Lipinski definition) is 0. The highest BCUT2D eigenvalue weighted by molar-refractivity contribution is 6.01. The van der Waals surface area contributed by atoms with Crippen molar-refractivity contribution in [2.75, 3.05) is 6.54 Å². The van der Waals surface area contributed by atoms with Crippen LogP contribution in [-0.4, -0.2) is 40.2 Å². The predicted octanol–water partition coefficient (Wildman–Crippen LogP) is 3.67. The molecule has 1 atom stereocenters. The van der Waals surface area contributed by atoms with Crippen molar-refractivity contribution in [2.45, 2.75) is 52.2 Å². The van der Waals surface area contributed by atoms with Crippen LogP contribution in [0.3, 0.4) is 0 Å². The molecule has 0 radical (unpaired) electrons. The van der Waals surface area contributed by atoms with Crippen molar-refractivity contribution < 1.29 is 13.6 Å². The molecule has 0 fully saturated rings. The van der Waals surface area contributed by atoms with Gasteiger partial charge in [-0.2, -0.15) is 5.10 Å². The van der Waals surface area contributed by atoms with Gasteiger partial charge in [0.1, 0.15) is 23.3 Å². The first-order valence-corrected chi connectivity index (χ1v) is 8.70. The van der Waals surface area contributed by atoms with Crippen LogP contribution in [0.1, 0.15) is 51.7 Å². The number of nitrogens with zero attached hydrogens (tertiary/aromatic N) is 3. The first kappa shape index (κ1) is 17.5. The monoisotopic (exact) mass is 343 g/mol. The molecule has 0 aliphatic carbocycles. The van der Waals surface area contributed by atoms with Crippen LogP contribution >= 0.6 is 0 Å². The molecule has 1 amide bonds. The van der Waals surface area contributed by atoms with Crippen molar-refractivity contribution >= 4 is 11.6 Å². The van der Waals surface area contributed by atoms with Crippen LogP contribution in [0.2, 0.25) is 0 Å². The van der Waals surface area contributed by atoms with Crippen molar-refractivity contribution in [3.8, 4) is 0 Å². The summed E-state index contributed by atoms with van der Waals surface area (Å²) in [5.41, 5.74) is 0.764. The Morgan fingerprint density at radius 1 is 1.20 bits per heavy atom. The molecular formula is C19H25N3O3. The van der Waals surface area contributed by atoms with E-state index in [2.05, 4.69) is 37.7 Å². The van der Waals surface area contributed by atoms with Gasteiger partial charge in [0, 0.05) is 18.5 Å². The zero-order chi connectivity index (χ0) is 18.0. The summed E-state index contributed by atoms with van der Waals surface area (Å²) >= 11 is 0. The second-order valence-electron chi connectivity index (χ2n) is 6.86. The number of carbonyl (C=O) groups excluding carboxylic acids is 1. The second kappa shape index (κ2) is 7.27. The second-order valence-corrected chi connectivity index (χ2v) is 6.86. The molecule has 3 rings (SSSR count). The van der Waals surface area contributed by atoms with Crippen LogP contribution in [-0.2, 0) is 4.79 Å². The minimum atomic E-state index is -0.233. The van der Waals surface area contributed by atoms with Gasteiger partial charge in [-0.15, -0.1) is 0 Å². The standard InChI is InChI=1S/C19H25N3O3/c1-13(2)21(14(3)4)12-19(23)22-16(18-8-6-10-25-18)11-15(20-22)17-7-5-9-24-17/h5-10,13-14,16H,11-12H2,1-4H3/t16-/m1/s1. The summed E-state index contributed by atoms with van der Waals surface area (Å²) in [6, 6.07) is 7.73. The minimum Gasteiger partial charge on any atom is -0.467 e. The zero-order valence-corrected chi connectivity index (χ0v) is 15.2. The summed E-state index contributed by atoms with van der Waals surface area (Å²) in [6.07, 6.45) is 3.82. The maximum absolute atomic E-state index is 13.0. The zero-order valence-electron chi connectivity index (χ0n) is 15.2. The lowest BCUT2D eigenvalue weighted by Crippen LogP contribution is -2.44.